The van der Waals surface area contributed by atoms with Gasteiger partial charge in [-0.05, 0) is 49.1 Å². The minimum absolute atomic E-state index is 0.0840. The molecule has 8 atom stereocenters. The highest BCUT2D eigenvalue weighted by atomic mass is 32.2. The second-order valence-corrected chi connectivity index (χ2v) is 11.7. The first-order valence-corrected chi connectivity index (χ1v) is 14.5. The average molecular weight is 512 g/mol. The monoisotopic (exact) mass is 511 g/mol. The Morgan fingerprint density at radius 3 is 2.78 bits per heavy atom. The smallest absolute Gasteiger partial charge is 0.246 e. The van der Waals surface area contributed by atoms with Gasteiger partial charge in [0.25, 0.3) is 0 Å². The molecule has 4 aliphatic rings. The second kappa shape index (κ2) is 9.86. The number of nitrogens with zero attached hydrogens (tertiary/aromatic N) is 1. The summed E-state index contributed by atoms with van der Waals surface area (Å²) in [5.74, 6) is -1.03. The predicted molar refractivity (Wildman–Crippen MR) is 140 cm³/mol. The number of nitrogens with one attached hydrogen (secondary N) is 2. The van der Waals surface area contributed by atoms with Crippen LogP contribution in [0.15, 0.2) is 41.3 Å². The van der Waals surface area contributed by atoms with Gasteiger partial charge in [-0.2, -0.15) is 0 Å². The summed E-state index contributed by atoms with van der Waals surface area (Å²) < 4.78 is 6.42. The molecule has 36 heavy (non-hydrogen) atoms. The molecule has 3 aliphatic heterocycles. The van der Waals surface area contributed by atoms with Crippen LogP contribution in [-0.2, 0) is 19.1 Å². The zero-order valence-electron chi connectivity index (χ0n) is 21.5. The van der Waals surface area contributed by atoms with Gasteiger partial charge in [-0.1, -0.05) is 51.8 Å². The summed E-state index contributed by atoms with van der Waals surface area (Å²) in [6, 6.07) is 6.97. The highest BCUT2D eigenvalue weighted by Crippen LogP contribution is 2.55. The quantitative estimate of drug-likeness (QED) is 0.429. The SMILES string of the molecule is CCCN1C(=O)[C@H]2[C@H](C(=O)Nc3cccc(SC)c3)[C@H]3C=C[C@@]2(O3)[C@@H]1C(=O)N[C@@H]1CCC[C@@H](C)[C@H]1C. The third kappa shape index (κ3) is 4.06. The lowest BCUT2D eigenvalue weighted by molar-refractivity contribution is -0.141. The summed E-state index contributed by atoms with van der Waals surface area (Å²) in [7, 11) is 0. The van der Waals surface area contributed by atoms with Crippen LogP contribution in [0.3, 0.4) is 0 Å². The molecular weight excluding hydrogens is 474 g/mol. The van der Waals surface area contributed by atoms with Crippen molar-refractivity contribution >= 4 is 35.2 Å². The number of anilines is 1. The van der Waals surface area contributed by atoms with E-state index in [4.69, 9.17) is 4.74 Å². The molecule has 3 fully saturated rings. The Balaban J connectivity index is 1.41. The molecule has 7 nitrogen and oxygen atoms in total. The minimum Gasteiger partial charge on any atom is -0.359 e. The molecule has 1 aromatic carbocycles. The van der Waals surface area contributed by atoms with Crippen LogP contribution in [0.5, 0.6) is 0 Å². The van der Waals surface area contributed by atoms with E-state index in [1.54, 1.807) is 16.7 Å². The Kier molecular flexibility index (Phi) is 6.94. The van der Waals surface area contributed by atoms with Crippen molar-refractivity contribution in [3.8, 4) is 0 Å². The third-order valence-electron chi connectivity index (χ3n) is 8.76. The Bertz CT molecular complexity index is 1080. The maximum Gasteiger partial charge on any atom is 0.246 e. The molecule has 194 valence electrons. The van der Waals surface area contributed by atoms with Gasteiger partial charge in [0, 0.05) is 23.2 Å². The number of hydrogen-bond donors (Lipinski definition) is 2. The molecule has 0 radical (unpaired) electrons. The number of likely N-dealkylation sites (tertiary alicyclic amines) is 1. The molecule has 1 saturated carbocycles. The van der Waals surface area contributed by atoms with Crippen molar-refractivity contribution in [3.63, 3.8) is 0 Å². The topological polar surface area (TPSA) is 87.7 Å². The first-order chi connectivity index (χ1) is 17.3. The fourth-order valence-corrected chi connectivity index (χ4v) is 7.18. The summed E-state index contributed by atoms with van der Waals surface area (Å²) in [6.07, 6.45) is 9.15. The molecule has 1 aromatic rings. The number of carbonyl (C=O) groups excluding carboxylic acids is 3. The molecule has 3 heterocycles. The zero-order valence-corrected chi connectivity index (χ0v) is 22.3. The third-order valence-corrected chi connectivity index (χ3v) is 9.49. The van der Waals surface area contributed by atoms with Crippen LogP contribution in [-0.4, -0.2) is 59.2 Å². The predicted octanol–water partition coefficient (Wildman–Crippen LogP) is 3.85. The minimum atomic E-state index is -1.10. The van der Waals surface area contributed by atoms with Crippen molar-refractivity contribution in [1.29, 1.82) is 0 Å². The largest absolute Gasteiger partial charge is 0.359 e. The van der Waals surface area contributed by atoms with Crippen LogP contribution >= 0.6 is 11.8 Å². The molecule has 2 bridgehead atoms. The number of benzene rings is 1. The van der Waals surface area contributed by atoms with Crippen molar-refractivity contribution in [2.45, 2.75) is 75.1 Å². The van der Waals surface area contributed by atoms with Crippen LogP contribution < -0.4 is 10.6 Å². The number of amides is 3. The van der Waals surface area contributed by atoms with Gasteiger partial charge in [0.2, 0.25) is 17.7 Å². The van der Waals surface area contributed by atoms with Gasteiger partial charge in [-0.3, -0.25) is 14.4 Å². The fourth-order valence-electron chi connectivity index (χ4n) is 6.72. The van der Waals surface area contributed by atoms with E-state index in [1.165, 1.54) is 6.42 Å². The maximum atomic E-state index is 13.8. The Morgan fingerprint density at radius 1 is 1.22 bits per heavy atom. The summed E-state index contributed by atoms with van der Waals surface area (Å²) >= 11 is 1.60. The fraction of sp³-hybridized carbons (Fsp3) is 0.607. The number of ether oxygens (including phenoxy) is 1. The van der Waals surface area contributed by atoms with E-state index in [0.717, 1.165) is 24.2 Å². The molecule has 2 N–H and O–H groups in total. The summed E-state index contributed by atoms with van der Waals surface area (Å²) in [4.78, 5) is 43.9. The lowest BCUT2D eigenvalue weighted by Gasteiger charge is -2.38. The van der Waals surface area contributed by atoms with Crippen LogP contribution in [0.2, 0.25) is 0 Å². The first kappa shape index (κ1) is 25.3. The van der Waals surface area contributed by atoms with E-state index < -0.39 is 29.6 Å². The number of thioether (sulfide) groups is 1. The number of carbonyl (C=O) groups is 3. The number of rotatable bonds is 7. The Morgan fingerprint density at radius 2 is 2.03 bits per heavy atom. The van der Waals surface area contributed by atoms with Crippen LogP contribution in [0.25, 0.3) is 0 Å². The number of hydrogen-bond acceptors (Lipinski definition) is 5. The van der Waals surface area contributed by atoms with E-state index in [2.05, 4.69) is 24.5 Å². The maximum absolute atomic E-state index is 13.8. The van der Waals surface area contributed by atoms with Crippen molar-refractivity contribution in [2.75, 3.05) is 18.1 Å². The number of fused-ring (bicyclic) bond motifs is 1. The molecule has 1 spiro atoms. The highest BCUT2D eigenvalue weighted by molar-refractivity contribution is 7.98. The van der Waals surface area contributed by atoms with Crippen molar-refractivity contribution in [3.05, 3.63) is 36.4 Å². The van der Waals surface area contributed by atoms with Gasteiger partial charge < -0.3 is 20.3 Å². The van der Waals surface area contributed by atoms with E-state index in [0.29, 0.717) is 24.1 Å². The lowest BCUT2D eigenvalue weighted by atomic mass is 9.73. The van der Waals surface area contributed by atoms with Gasteiger partial charge in [0.05, 0.1) is 17.9 Å². The molecular formula is C28H37N3O4S. The zero-order chi connectivity index (χ0) is 25.6. The van der Waals surface area contributed by atoms with Gasteiger partial charge in [-0.15, -0.1) is 11.8 Å². The molecule has 2 saturated heterocycles. The van der Waals surface area contributed by atoms with E-state index >= 15 is 0 Å². The van der Waals surface area contributed by atoms with Crippen molar-refractivity contribution < 1.29 is 19.1 Å². The lowest BCUT2D eigenvalue weighted by Crippen LogP contribution is -2.57. The Labute approximate surface area is 217 Å². The molecule has 1 aliphatic carbocycles. The van der Waals surface area contributed by atoms with Gasteiger partial charge in [-0.25, -0.2) is 0 Å². The van der Waals surface area contributed by atoms with Gasteiger partial charge in [0.15, 0.2) is 0 Å². The van der Waals surface area contributed by atoms with Crippen molar-refractivity contribution in [2.24, 2.45) is 23.7 Å². The second-order valence-electron chi connectivity index (χ2n) is 10.8. The van der Waals surface area contributed by atoms with E-state index in [1.807, 2.05) is 49.6 Å². The standard InChI is InChI=1S/C28H37N3O4S/c1-5-14-31-24(26(33)30-20-11-6-8-16(2)17(20)3)28-13-12-21(35-28)22(23(28)27(31)34)25(32)29-18-9-7-10-19(15-18)36-4/h7,9-10,12-13,15-17,20-24H,5-6,8,11,14H2,1-4H3,(H,29,32)(H,30,33)/t16-,17-,20-,21-,22-,23-,24+,28+/m1/s1. The van der Waals surface area contributed by atoms with Gasteiger partial charge >= 0.3 is 0 Å². The van der Waals surface area contributed by atoms with Gasteiger partial charge in [0.1, 0.15) is 11.6 Å². The molecule has 3 amide bonds. The van der Waals surface area contributed by atoms with Crippen LogP contribution in [0.4, 0.5) is 5.69 Å². The summed E-state index contributed by atoms with van der Waals surface area (Å²) in [5.41, 5.74) is -0.411. The highest BCUT2D eigenvalue weighted by Gasteiger charge is 2.72. The van der Waals surface area contributed by atoms with E-state index in [-0.39, 0.29) is 23.8 Å². The molecule has 0 aromatic heterocycles. The van der Waals surface area contributed by atoms with Crippen molar-refractivity contribution in [1.82, 2.24) is 10.2 Å². The summed E-state index contributed by atoms with van der Waals surface area (Å²) in [6.45, 7) is 6.89. The van der Waals surface area contributed by atoms with Crippen LogP contribution in [0.1, 0.15) is 46.5 Å². The molecule has 8 heteroatoms. The molecule has 5 rings (SSSR count). The first-order valence-electron chi connectivity index (χ1n) is 13.2. The Hall–Kier alpha value is -2.32. The average Bonchev–Trinajstić information content (AvgIpc) is 3.50. The van der Waals surface area contributed by atoms with E-state index in [9.17, 15) is 14.4 Å². The normalized spacial score (nSPS) is 36.7. The van der Waals surface area contributed by atoms with Crippen LogP contribution in [0, 0.1) is 23.7 Å². The molecule has 0 unspecified atom stereocenters. The summed E-state index contributed by atoms with van der Waals surface area (Å²) in [5, 5.41) is 6.29.